The molecule has 0 aliphatic carbocycles. The highest BCUT2D eigenvalue weighted by molar-refractivity contribution is 5.82. The van der Waals surface area contributed by atoms with Gasteiger partial charge in [-0.1, -0.05) is 0 Å². The van der Waals surface area contributed by atoms with Crippen LogP contribution in [-0.4, -0.2) is 35.9 Å². The summed E-state index contributed by atoms with van der Waals surface area (Å²) >= 11 is 0. The van der Waals surface area contributed by atoms with Gasteiger partial charge in [-0.25, -0.2) is 4.79 Å². The summed E-state index contributed by atoms with van der Waals surface area (Å²) in [6.45, 7) is 1.36. The van der Waals surface area contributed by atoms with E-state index in [1.54, 1.807) is 0 Å². The molecule has 1 atom stereocenters. The lowest BCUT2D eigenvalue weighted by molar-refractivity contribution is -0.139. The van der Waals surface area contributed by atoms with Gasteiger partial charge in [0.2, 0.25) is 0 Å². The van der Waals surface area contributed by atoms with Gasteiger partial charge in [0.05, 0.1) is 0 Å². The van der Waals surface area contributed by atoms with Gasteiger partial charge < -0.3 is 15.7 Å². The Labute approximate surface area is 96.4 Å². The van der Waals surface area contributed by atoms with E-state index in [1.807, 2.05) is 0 Å². The molecule has 0 aliphatic rings. The number of amides is 2. The first-order valence-corrected chi connectivity index (χ1v) is 5.06. The molecule has 0 aromatic carbocycles. The lowest BCUT2D eigenvalue weighted by Gasteiger charge is -2.10. The smallest absolute Gasteiger partial charge is 0.389 e. The van der Waals surface area contributed by atoms with Crippen LogP contribution in [0, 0.1) is 0 Å². The lowest BCUT2D eigenvalue weighted by atomic mass is 10.2. The van der Waals surface area contributed by atoms with Gasteiger partial charge in [-0.15, -0.1) is 0 Å². The van der Waals surface area contributed by atoms with Crippen LogP contribution in [0.2, 0.25) is 0 Å². The second-order valence-electron chi connectivity index (χ2n) is 3.53. The van der Waals surface area contributed by atoms with E-state index in [2.05, 4.69) is 10.6 Å². The zero-order valence-corrected chi connectivity index (χ0v) is 9.30. The SMILES string of the molecule is CC(NC(=O)NCCCCC(F)(F)F)C(=O)O. The third-order valence-corrected chi connectivity index (χ3v) is 1.89. The predicted octanol–water partition coefficient (Wildman–Crippen LogP) is 1.49. The summed E-state index contributed by atoms with van der Waals surface area (Å²) in [7, 11) is 0. The Morgan fingerprint density at radius 2 is 1.88 bits per heavy atom. The average Bonchev–Trinajstić information content (AvgIpc) is 2.15. The molecular weight excluding hydrogens is 241 g/mol. The van der Waals surface area contributed by atoms with Crippen LogP contribution in [0.15, 0.2) is 0 Å². The van der Waals surface area contributed by atoms with E-state index in [9.17, 15) is 22.8 Å². The molecule has 0 heterocycles. The molecule has 0 rings (SSSR count). The Balaban J connectivity index is 3.56. The van der Waals surface area contributed by atoms with E-state index in [4.69, 9.17) is 5.11 Å². The van der Waals surface area contributed by atoms with Crippen molar-refractivity contribution in [1.29, 1.82) is 0 Å². The van der Waals surface area contributed by atoms with Crippen molar-refractivity contribution in [2.75, 3.05) is 6.54 Å². The number of aliphatic carboxylic acids is 1. The first-order valence-electron chi connectivity index (χ1n) is 5.06. The molecule has 0 bridgehead atoms. The summed E-state index contributed by atoms with van der Waals surface area (Å²) in [6.07, 6.45) is -4.95. The molecule has 3 N–H and O–H groups in total. The van der Waals surface area contributed by atoms with Gasteiger partial charge >= 0.3 is 18.2 Å². The van der Waals surface area contributed by atoms with Crippen LogP contribution in [0.4, 0.5) is 18.0 Å². The van der Waals surface area contributed by atoms with E-state index in [0.717, 1.165) is 0 Å². The maximum Gasteiger partial charge on any atom is 0.389 e. The third-order valence-electron chi connectivity index (χ3n) is 1.89. The minimum Gasteiger partial charge on any atom is -0.480 e. The molecule has 1 unspecified atom stereocenters. The molecule has 0 saturated carbocycles. The molecular formula is C9H15F3N2O3. The molecule has 0 spiro atoms. The molecule has 0 aromatic heterocycles. The van der Waals surface area contributed by atoms with Crippen molar-refractivity contribution in [2.24, 2.45) is 0 Å². The van der Waals surface area contributed by atoms with Crippen LogP contribution < -0.4 is 10.6 Å². The number of hydrogen-bond acceptors (Lipinski definition) is 2. The number of rotatable bonds is 6. The van der Waals surface area contributed by atoms with Gasteiger partial charge in [0.1, 0.15) is 6.04 Å². The maximum absolute atomic E-state index is 11.7. The Morgan fingerprint density at radius 1 is 1.29 bits per heavy atom. The minimum absolute atomic E-state index is 0.0712. The van der Waals surface area contributed by atoms with Crippen LogP contribution >= 0.6 is 0 Å². The number of carbonyl (C=O) groups is 2. The van der Waals surface area contributed by atoms with Gasteiger partial charge in [0, 0.05) is 13.0 Å². The van der Waals surface area contributed by atoms with Gasteiger partial charge in [0.25, 0.3) is 0 Å². The average molecular weight is 256 g/mol. The number of urea groups is 1. The number of halogens is 3. The van der Waals surface area contributed by atoms with E-state index in [1.165, 1.54) is 6.92 Å². The maximum atomic E-state index is 11.7. The Bertz CT molecular complexity index is 269. The van der Waals surface area contributed by atoms with Gasteiger partial charge in [-0.05, 0) is 19.8 Å². The number of alkyl halides is 3. The van der Waals surface area contributed by atoms with Gasteiger partial charge in [0.15, 0.2) is 0 Å². The van der Waals surface area contributed by atoms with Gasteiger partial charge in [-0.2, -0.15) is 13.2 Å². The second kappa shape index (κ2) is 6.97. The summed E-state index contributed by atoms with van der Waals surface area (Å²) in [5.41, 5.74) is 0. The van der Waals surface area contributed by atoms with Crippen LogP contribution in [0.25, 0.3) is 0 Å². The lowest BCUT2D eigenvalue weighted by Crippen LogP contribution is -2.44. The fourth-order valence-corrected chi connectivity index (χ4v) is 0.962. The Hall–Kier alpha value is -1.47. The van der Waals surface area contributed by atoms with Crippen LogP contribution in [0.1, 0.15) is 26.2 Å². The number of unbranched alkanes of at least 4 members (excludes halogenated alkanes) is 1. The van der Waals surface area contributed by atoms with Crippen molar-refractivity contribution >= 4 is 12.0 Å². The molecule has 0 aliphatic heterocycles. The highest BCUT2D eigenvalue weighted by atomic mass is 19.4. The summed E-state index contributed by atoms with van der Waals surface area (Å²) in [6, 6.07) is -1.74. The van der Waals surface area contributed by atoms with Gasteiger partial charge in [-0.3, -0.25) is 4.79 Å². The van der Waals surface area contributed by atoms with Crippen molar-refractivity contribution in [1.82, 2.24) is 10.6 Å². The van der Waals surface area contributed by atoms with Crippen molar-refractivity contribution in [3.63, 3.8) is 0 Å². The number of nitrogens with one attached hydrogen (secondary N) is 2. The van der Waals surface area contributed by atoms with Crippen molar-refractivity contribution < 1.29 is 27.9 Å². The highest BCUT2D eigenvalue weighted by Crippen LogP contribution is 2.21. The van der Waals surface area contributed by atoms with Crippen molar-refractivity contribution in [3.8, 4) is 0 Å². The molecule has 0 aromatic rings. The number of carbonyl (C=O) groups excluding carboxylic acids is 1. The number of carboxylic acid groups (broad SMARTS) is 1. The Morgan fingerprint density at radius 3 is 2.35 bits per heavy atom. The fourth-order valence-electron chi connectivity index (χ4n) is 0.962. The van der Waals surface area contributed by atoms with Crippen molar-refractivity contribution in [2.45, 2.75) is 38.4 Å². The van der Waals surface area contributed by atoms with Crippen LogP contribution in [-0.2, 0) is 4.79 Å². The largest absolute Gasteiger partial charge is 0.480 e. The molecule has 2 amide bonds. The molecule has 8 heteroatoms. The molecule has 5 nitrogen and oxygen atoms in total. The second-order valence-corrected chi connectivity index (χ2v) is 3.53. The summed E-state index contributed by atoms with van der Waals surface area (Å²) in [5.74, 6) is -1.18. The first-order chi connectivity index (χ1) is 7.72. The first kappa shape index (κ1) is 15.5. The van der Waals surface area contributed by atoms with E-state index < -0.39 is 30.6 Å². The normalized spacial score (nSPS) is 12.9. The number of hydrogen-bond donors (Lipinski definition) is 3. The minimum atomic E-state index is -4.18. The Kier molecular flexibility index (Phi) is 6.37. The van der Waals surface area contributed by atoms with E-state index in [-0.39, 0.29) is 19.4 Å². The highest BCUT2D eigenvalue weighted by Gasteiger charge is 2.25. The zero-order valence-electron chi connectivity index (χ0n) is 9.30. The van der Waals surface area contributed by atoms with E-state index >= 15 is 0 Å². The van der Waals surface area contributed by atoms with E-state index in [0.29, 0.717) is 0 Å². The zero-order chi connectivity index (χ0) is 13.5. The predicted molar refractivity (Wildman–Crippen MR) is 53.5 cm³/mol. The molecule has 100 valence electrons. The van der Waals surface area contributed by atoms with Crippen LogP contribution in [0.5, 0.6) is 0 Å². The van der Waals surface area contributed by atoms with Crippen molar-refractivity contribution in [3.05, 3.63) is 0 Å². The molecule has 0 fully saturated rings. The fraction of sp³-hybridized carbons (Fsp3) is 0.778. The van der Waals surface area contributed by atoms with Crippen LogP contribution in [0.3, 0.4) is 0 Å². The topological polar surface area (TPSA) is 78.4 Å². The quantitative estimate of drug-likeness (QED) is 0.630. The monoisotopic (exact) mass is 256 g/mol. The molecule has 0 radical (unpaired) electrons. The summed E-state index contributed by atoms with van der Waals surface area (Å²) in [5, 5.41) is 12.9. The standard InChI is InChI=1S/C9H15F3N2O3/c1-6(7(15)16)14-8(17)13-5-3-2-4-9(10,11)12/h6H,2-5H2,1H3,(H,15,16)(H2,13,14,17). The molecule has 0 saturated heterocycles. The summed E-state index contributed by atoms with van der Waals surface area (Å²) < 4.78 is 35.2. The molecule has 17 heavy (non-hydrogen) atoms. The third kappa shape index (κ3) is 9.46. The number of carboxylic acids is 1. The summed E-state index contributed by atoms with van der Waals surface area (Å²) in [4.78, 5) is 21.4.